The lowest BCUT2D eigenvalue weighted by Crippen LogP contribution is -2.32. The standard InChI is InChI=1S/C21H22N2O4S/c1-4-11-23-20(24)18(17-8-7-12-28-17)19(21(23)25)22-14-9-10-15(26-5-2)16(13-14)27-6-3/h4,7-10,12-13,22H,1,5-6,11H2,2-3H3. The molecule has 0 atom stereocenters. The summed E-state index contributed by atoms with van der Waals surface area (Å²) in [4.78, 5) is 27.6. The van der Waals surface area contributed by atoms with Crippen molar-refractivity contribution in [3.8, 4) is 11.5 Å². The van der Waals surface area contributed by atoms with Crippen molar-refractivity contribution in [1.82, 2.24) is 4.90 Å². The van der Waals surface area contributed by atoms with E-state index < -0.39 is 0 Å². The number of carbonyl (C=O) groups is 2. The quantitative estimate of drug-likeness (QED) is 0.512. The average molecular weight is 398 g/mol. The predicted octanol–water partition coefficient (Wildman–Crippen LogP) is 3.92. The van der Waals surface area contributed by atoms with Crippen LogP contribution in [0.1, 0.15) is 18.7 Å². The molecule has 0 radical (unpaired) electrons. The van der Waals surface area contributed by atoms with E-state index in [4.69, 9.17) is 9.47 Å². The van der Waals surface area contributed by atoms with Crippen molar-refractivity contribution in [2.45, 2.75) is 13.8 Å². The Morgan fingerprint density at radius 2 is 1.86 bits per heavy atom. The smallest absolute Gasteiger partial charge is 0.278 e. The number of amides is 2. The molecule has 0 unspecified atom stereocenters. The Hall–Kier alpha value is -3.06. The van der Waals surface area contributed by atoms with E-state index in [0.29, 0.717) is 36.0 Å². The van der Waals surface area contributed by atoms with E-state index in [1.54, 1.807) is 18.2 Å². The zero-order valence-electron chi connectivity index (χ0n) is 15.9. The zero-order valence-corrected chi connectivity index (χ0v) is 16.7. The molecule has 1 aromatic heterocycles. The van der Waals surface area contributed by atoms with Gasteiger partial charge in [-0.05, 0) is 37.4 Å². The van der Waals surface area contributed by atoms with Crippen LogP contribution in [0, 0.1) is 0 Å². The van der Waals surface area contributed by atoms with E-state index in [1.165, 1.54) is 22.3 Å². The fraction of sp³-hybridized carbons (Fsp3) is 0.238. The van der Waals surface area contributed by atoms with Gasteiger partial charge >= 0.3 is 0 Å². The third kappa shape index (κ3) is 3.80. The molecule has 0 saturated heterocycles. The van der Waals surface area contributed by atoms with Crippen LogP contribution in [0.15, 0.2) is 54.1 Å². The maximum Gasteiger partial charge on any atom is 0.278 e. The van der Waals surface area contributed by atoms with Crippen molar-refractivity contribution >= 4 is 34.4 Å². The number of nitrogens with zero attached hydrogens (tertiary/aromatic N) is 1. The summed E-state index contributed by atoms with van der Waals surface area (Å²) in [5, 5.41) is 4.99. The molecule has 2 amide bonds. The van der Waals surface area contributed by atoms with Crippen molar-refractivity contribution < 1.29 is 19.1 Å². The Balaban J connectivity index is 2.00. The van der Waals surface area contributed by atoms with Gasteiger partial charge in [0.25, 0.3) is 11.8 Å². The van der Waals surface area contributed by atoms with E-state index in [-0.39, 0.29) is 24.1 Å². The Morgan fingerprint density at radius 1 is 1.11 bits per heavy atom. The van der Waals surface area contributed by atoms with Gasteiger partial charge in [0, 0.05) is 23.2 Å². The van der Waals surface area contributed by atoms with Crippen molar-refractivity contribution in [1.29, 1.82) is 0 Å². The molecular weight excluding hydrogens is 376 g/mol. The summed E-state index contributed by atoms with van der Waals surface area (Å²) >= 11 is 1.41. The highest BCUT2D eigenvalue weighted by molar-refractivity contribution is 7.11. The van der Waals surface area contributed by atoms with Gasteiger partial charge in [-0.1, -0.05) is 12.1 Å². The van der Waals surface area contributed by atoms with Crippen LogP contribution in [0.2, 0.25) is 0 Å². The molecule has 6 nitrogen and oxygen atoms in total. The first kappa shape index (κ1) is 19.7. The molecule has 0 spiro atoms. The lowest BCUT2D eigenvalue weighted by atomic mass is 10.2. The van der Waals surface area contributed by atoms with Gasteiger partial charge in [0.1, 0.15) is 5.70 Å². The van der Waals surface area contributed by atoms with Gasteiger partial charge in [-0.2, -0.15) is 0 Å². The number of ether oxygens (including phenoxy) is 2. The maximum absolute atomic E-state index is 12.9. The average Bonchev–Trinajstić information content (AvgIpc) is 3.28. The van der Waals surface area contributed by atoms with E-state index >= 15 is 0 Å². The van der Waals surface area contributed by atoms with Crippen molar-refractivity contribution in [2.75, 3.05) is 25.1 Å². The minimum absolute atomic E-state index is 0.158. The fourth-order valence-corrected chi connectivity index (χ4v) is 3.68. The molecule has 1 N–H and O–H groups in total. The SMILES string of the molecule is C=CCN1C(=O)C(Nc2ccc(OCC)c(OCC)c2)=C(c2cccs2)C1=O. The van der Waals surface area contributed by atoms with E-state index in [1.807, 2.05) is 31.4 Å². The van der Waals surface area contributed by atoms with Crippen LogP contribution in [0.25, 0.3) is 5.57 Å². The Bertz CT molecular complexity index is 918. The largest absolute Gasteiger partial charge is 0.490 e. The van der Waals surface area contributed by atoms with Crippen LogP contribution in [-0.2, 0) is 9.59 Å². The number of anilines is 1. The van der Waals surface area contributed by atoms with Crippen LogP contribution in [0.3, 0.4) is 0 Å². The molecule has 2 aromatic rings. The minimum Gasteiger partial charge on any atom is -0.490 e. The van der Waals surface area contributed by atoms with Crippen LogP contribution < -0.4 is 14.8 Å². The molecule has 0 aliphatic carbocycles. The highest BCUT2D eigenvalue weighted by atomic mass is 32.1. The van der Waals surface area contributed by atoms with Crippen LogP contribution >= 0.6 is 11.3 Å². The molecular formula is C21H22N2O4S. The monoisotopic (exact) mass is 398 g/mol. The van der Waals surface area contributed by atoms with E-state index in [2.05, 4.69) is 11.9 Å². The summed E-state index contributed by atoms with van der Waals surface area (Å²) < 4.78 is 11.2. The first-order valence-corrected chi connectivity index (χ1v) is 9.90. The second-order valence-corrected chi connectivity index (χ2v) is 6.84. The third-order valence-electron chi connectivity index (χ3n) is 4.06. The van der Waals surface area contributed by atoms with Crippen LogP contribution in [-0.4, -0.2) is 36.5 Å². The number of carbonyl (C=O) groups excluding carboxylic acids is 2. The number of hydrogen-bond donors (Lipinski definition) is 1. The van der Waals surface area contributed by atoms with E-state index in [0.717, 1.165) is 4.88 Å². The Kier molecular flexibility index (Phi) is 6.16. The molecule has 146 valence electrons. The van der Waals surface area contributed by atoms with Gasteiger partial charge in [0.2, 0.25) is 0 Å². The van der Waals surface area contributed by atoms with Crippen molar-refractivity contribution in [3.05, 3.63) is 58.9 Å². The Labute approximate surface area is 168 Å². The highest BCUT2D eigenvalue weighted by Gasteiger charge is 2.39. The fourth-order valence-electron chi connectivity index (χ4n) is 2.91. The second-order valence-electron chi connectivity index (χ2n) is 5.89. The summed E-state index contributed by atoms with van der Waals surface area (Å²) in [6.07, 6.45) is 1.54. The number of hydrogen-bond acceptors (Lipinski definition) is 6. The highest BCUT2D eigenvalue weighted by Crippen LogP contribution is 2.35. The molecule has 0 fully saturated rings. The number of nitrogens with one attached hydrogen (secondary N) is 1. The summed E-state index contributed by atoms with van der Waals surface area (Å²) in [5.41, 5.74) is 1.26. The molecule has 0 bridgehead atoms. The maximum atomic E-state index is 12.9. The molecule has 1 aromatic carbocycles. The van der Waals surface area contributed by atoms with E-state index in [9.17, 15) is 9.59 Å². The lowest BCUT2D eigenvalue weighted by Gasteiger charge is -2.15. The topological polar surface area (TPSA) is 67.9 Å². The van der Waals surface area contributed by atoms with Crippen LogP contribution in [0.5, 0.6) is 11.5 Å². The van der Waals surface area contributed by atoms with Gasteiger partial charge in [-0.25, -0.2) is 0 Å². The van der Waals surface area contributed by atoms with Gasteiger partial charge in [0.05, 0.1) is 18.8 Å². The molecule has 7 heteroatoms. The number of rotatable bonds is 9. The second kappa shape index (κ2) is 8.75. The third-order valence-corrected chi connectivity index (χ3v) is 4.95. The first-order valence-electron chi connectivity index (χ1n) is 9.02. The van der Waals surface area contributed by atoms with Crippen molar-refractivity contribution in [3.63, 3.8) is 0 Å². The molecule has 3 rings (SSSR count). The van der Waals surface area contributed by atoms with Gasteiger partial charge in [-0.3, -0.25) is 14.5 Å². The summed E-state index contributed by atoms with van der Waals surface area (Å²) in [5.74, 6) is 0.503. The normalized spacial score (nSPS) is 13.9. The molecule has 0 saturated carbocycles. The lowest BCUT2D eigenvalue weighted by molar-refractivity contribution is -0.136. The number of thiophene rings is 1. The molecule has 1 aliphatic heterocycles. The summed E-state index contributed by atoms with van der Waals surface area (Å²) in [6, 6.07) is 9.02. The minimum atomic E-state index is -0.375. The molecule has 1 aliphatic rings. The number of benzene rings is 1. The molecule has 2 heterocycles. The summed E-state index contributed by atoms with van der Waals surface area (Å²) in [7, 11) is 0. The zero-order chi connectivity index (χ0) is 20.1. The van der Waals surface area contributed by atoms with Gasteiger partial charge in [-0.15, -0.1) is 17.9 Å². The van der Waals surface area contributed by atoms with Gasteiger partial charge in [0.15, 0.2) is 11.5 Å². The predicted molar refractivity (Wildman–Crippen MR) is 111 cm³/mol. The summed E-state index contributed by atoms with van der Waals surface area (Å²) in [6.45, 7) is 8.58. The number of imide groups is 1. The van der Waals surface area contributed by atoms with Gasteiger partial charge < -0.3 is 14.8 Å². The molecule has 28 heavy (non-hydrogen) atoms. The Morgan fingerprint density at radius 3 is 2.50 bits per heavy atom. The van der Waals surface area contributed by atoms with Crippen LogP contribution in [0.4, 0.5) is 5.69 Å². The first-order chi connectivity index (χ1) is 13.6. The van der Waals surface area contributed by atoms with Crippen molar-refractivity contribution in [2.24, 2.45) is 0 Å².